The van der Waals surface area contributed by atoms with E-state index in [0.29, 0.717) is 84.6 Å². The average molecular weight is 1800 g/mol. The van der Waals surface area contributed by atoms with Gasteiger partial charge in [-0.2, -0.15) is 0 Å². The molecule has 0 amide bonds. The van der Waals surface area contributed by atoms with Crippen LogP contribution in [-0.2, 0) is 49.4 Å². The molecular weight excluding hydrogens is 1710 g/mol. The van der Waals surface area contributed by atoms with E-state index in [4.69, 9.17) is 35.7 Å². The zero-order valence-corrected chi connectivity index (χ0v) is 73.2. The highest BCUT2D eigenvalue weighted by Crippen LogP contribution is 2.37. The number of aliphatic hydroxyl groups excluding tert-OH is 1. The minimum atomic E-state index is -3.70. The molecule has 12 aromatic heterocycles. The summed E-state index contributed by atoms with van der Waals surface area (Å²) in [6.07, 6.45) is 34.2. The van der Waals surface area contributed by atoms with Gasteiger partial charge in [0.15, 0.2) is 80.3 Å². The highest BCUT2D eigenvalue weighted by Gasteiger charge is 2.20. The number of aromatic hydroxyl groups is 2. The molecule has 8 aromatic carbocycles. The monoisotopic (exact) mass is 1800 g/mol. The first-order valence-electron chi connectivity index (χ1n) is 41.3. The quantitative estimate of drug-likeness (QED) is 0.0243. The van der Waals surface area contributed by atoms with Gasteiger partial charge in [-0.3, -0.25) is 32.0 Å². The van der Waals surface area contributed by atoms with E-state index < -0.39 is 10.0 Å². The zero-order valence-electron chi connectivity index (χ0n) is 71.7. The molecule has 662 valence electrons. The Morgan fingerprint density at radius 1 is 0.318 bits per heavy atom. The number of hydrogen-bond acceptors (Lipinski definition) is 26. The Kier molecular flexibility index (Phi) is 28.0. The van der Waals surface area contributed by atoms with Crippen LogP contribution in [0, 0.1) is 0 Å². The lowest BCUT2D eigenvalue weighted by molar-refractivity contribution is 0.282. The summed E-state index contributed by atoms with van der Waals surface area (Å²) in [7, 11) is 2.80. The molecule has 0 aliphatic heterocycles. The van der Waals surface area contributed by atoms with Crippen molar-refractivity contribution in [3.63, 3.8) is 0 Å². The normalized spacial score (nSPS) is 11.0. The number of aliphatic hydroxyl groups is 1. The summed E-state index contributed by atoms with van der Waals surface area (Å²) in [4.78, 5) is 52.9. The number of phenolic OH excluding ortho intramolecular Hbond substituents is 2. The van der Waals surface area contributed by atoms with Crippen LogP contribution in [0.3, 0.4) is 0 Å². The predicted octanol–water partition coefficient (Wildman–Crippen LogP) is 17.1. The largest absolute Gasteiger partial charge is 0.508 e. The van der Waals surface area contributed by atoms with Crippen molar-refractivity contribution in [3.05, 3.63) is 368 Å². The number of halogens is 1. The van der Waals surface area contributed by atoms with Crippen molar-refractivity contribution in [1.82, 2.24) is 81.8 Å². The Morgan fingerprint density at radius 2 is 0.667 bits per heavy atom. The molecule has 0 fully saturated rings. The van der Waals surface area contributed by atoms with E-state index >= 15 is 0 Å². The van der Waals surface area contributed by atoms with Gasteiger partial charge in [0.2, 0.25) is 10.0 Å². The molecule has 0 aliphatic rings. The number of anilines is 5. The lowest BCUT2D eigenvalue weighted by atomic mass is 10.1. The van der Waals surface area contributed by atoms with Crippen molar-refractivity contribution in [2.45, 2.75) is 44.2 Å². The van der Waals surface area contributed by atoms with Crippen molar-refractivity contribution in [2.24, 2.45) is 5.14 Å². The number of nitrogens with one attached hydrogen (secondary N) is 5. The van der Waals surface area contributed by atoms with E-state index in [1.54, 1.807) is 133 Å². The van der Waals surface area contributed by atoms with Gasteiger partial charge < -0.3 is 60.9 Å². The van der Waals surface area contributed by atoms with Gasteiger partial charge in [-0.05, 0) is 149 Å². The number of ether oxygens (including phenoxy) is 4. The zero-order chi connectivity index (χ0) is 91.3. The minimum absolute atomic E-state index is 0.00358. The Balaban J connectivity index is 0.000000121. The fourth-order valence-electron chi connectivity index (χ4n) is 14.3. The number of nitrogens with two attached hydrogens (primary N) is 1. The second kappa shape index (κ2) is 41.7. The molecule has 10 N–H and O–H groups in total. The first-order chi connectivity index (χ1) is 64.6. The smallest absolute Gasteiger partial charge is 0.238 e. The molecule has 0 saturated heterocycles. The van der Waals surface area contributed by atoms with Crippen molar-refractivity contribution in [2.75, 3.05) is 55.0 Å². The number of hydrogen-bond donors (Lipinski definition) is 9. The average Bonchev–Trinajstić information content (AvgIpc) is 1.69. The van der Waals surface area contributed by atoms with Crippen LogP contribution in [0.5, 0.6) is 34.5 Å². The molecule has 0 unspecified atom stereocenters. The number of aromatic nitrogens is 17. The van der Waals surface area contributed by atoms with Crippen LogP contribution in [-0.4, -0.2) is 134 Å². The van der Waals surface area contributed by atoms with Crippen molar-refractivity contribution < 1.29 is 42.7 Å². The number of benzene rings is 8. The number of phenols is 2. The summed E-state index contributed by atoms with van der Waals surface area (Å²) in [5.41, 5.74) is 19.4. The number of imidazole rings is 5. The third kappa shape index (κ3) is 21.2. The van der Waals surface area contributed by atoms with E-state index in [2.05, 4.69) is 98.5 Å². The molecule has 132 heavy (non-hydrogen) atoms. The maximum Gasteiger partial charge on any atom is 0.238 e. The lowest BCUT2D eigenvalue weighted by Gasteiger charge is -2.10. The van der Waals surface area contributed by atoms with Crippen LogP contribution in [0.2, 0.25) is 5.02 Å². The Hall–Kier alpha value is -16.9. The summed E-state index contributed by atoms with van der Waals surface area (Å²) in [5.74, 6) is 6.70. The Morgan fingerprint density at radius 3 is 1.05 bits per heavy atom. The number of nitrogens with zero attached hydrogens (tertiary/aromatic N) is 17. The number of sulfonamides is 1. The number of pyridine rings is 2. The second-order valence-corrected chi connectivity index (χ2v) is 31.4. The molecule has 0 aliphatic carbocycles. The van der Waals surface area contributed by atoms with Crippen LogP contribution in [0.15, 0.2) is 335 Å². The summed E-state index contributed by atoms with van der Waals surface area (Å²) in [6, 6.07) is 65.5. The minimum Gasteiger partial charge on any atom is -0.508 e. The number of rotatable bonds is 26. The maximum atomic E-state index is 11.4. The van der Waals surface area contributed by atoms with Crippen molar-refractivity contribution in [3.8, 4) is 90.8 Å². The van der Waals surface area contributed by atoms with Crippen LogP contribution >= 0.6 is 11.6 Å². The third-order valence-corrected chi connectivity index (χ3v) is 22.2. The van der Waals surface area contributed by atoms with Gasteiger partial charge in [-0.1, -0.05) is 109 Å². The van der Waals surface area contributed by atoms with Gasteiger partial charge in [0.1, 0.15) is 11.5 Å². The Bertz CT molecular complexity index is 7230. The molecule has 0 spiro atoms. The first kappa shape index (κ1) is 88.5. The molecule has 0 bridgehead atoms. The first-order valence-corrected chi connectivity index (χ1v) is 43.2. The van der Waals surface area contributed by atoms with Gasteiger partial charge in [-0.25, -0.2) is 63.4 Å². The topological polar surface area (TPSA) is 395 Å². The summed E-state index contributed by atoms with van der Waals surface area (Å²) >= 11 is 5.92. The molecular formula is C98H88ClN23O9S. The highest BCUT2D eigenvalue weighted by molar-refractivity contribution is 7.89. The summed E-state index contributed by atoms with van der Waals surface area (Å²) in [5, 5.41) is 50.8. The third-order valence-electron chi connectivity index (χ3n) is 21.0. The SMILES string of the molecule is COc1ccc(-c2cnc3c(NCc4ccccc4)nccn23)cc1OC.COc1ccc(-c2cnc3c(NCc4cccnc4)nccn23)cc1OC.NS(=O)(=O)c1ccc(CNc2nccn3c(-c4ccc(CO)cc4)cnc23)cc1.Oc1ccc(-c2cnc3c(NCc4ccc(Cl)cc4)nccn23)cc1.Oc1cccc(-c2cnc3c(NCc4ccncc4)nccn23)c1. The number of primary sulfonamides is 1. The predicted molar refractivity (Wildman–Crippen MR) is 508 cm³/mol. The molecule has 34 heteroatoms. The molecule has 20 rings (SSSR count). The molecule has 12 heterocycles. The van der Waals surface area contributed by atoms with E-state index in [1.165, 1.54) is 17.7 Å². The standard InChI is InChI=1S/C21H20N4O2.C20H19N5O3S.C20H19N5O2.C19H15ClN4O.C18H15N5O/c1-26-18-9-8-16(12-19(18)27-2)17-14-24-21-20(22-10-11-25(17)21)23-13-15-6-4-3-5-7-15;21-29(27,28)17-7-3-14(4-8-17)11-23-19-20-24-12-18(25(20)10-9-22-19)16-5-1-15(13-26)2-6-16;1-26-17-6-5-15(10-18(17)27-2)16-13-24-20-19(22-8-9-25(16)20)23-12-14-4-3-7-21-11-14;20-15-5-1-13(2-6-15)11-22-18-19-23-12-17(24(19)10-9-21-18)14-3-7-16(25)8-4-14;24-15-3-1-2-14(10-15)16-12-22-18-17(20-8-9-23(16)18)21-11-13-4-6-19-7-5-13/h3-12,14H,13H2,1-2H3,(H,22,23);1-10,12,26H,11,13H2,(H,22,23)(H2,21,27,28);3-11,13H,12H2,1-2H3,(H,22,23);1-10,12,25H,11H2,(H,21,22);1-10,12,24H,11H2,(H,20,21). The maximum absolute atomic E-state index is 11.4. The van der Waals surface area contributed by atoms with Gasteiger partial charge in [0.05, 0.1) is 99.4 Å². The van der Waals surface area contributed by atoms with Crippen molar-refractivity contribution in [1.29, 1.82) is 0 Å². The van der Waals surface area contributed by atoms with Gasteiger partial charge in [0, 0.05) is 152 Å². The van der Waals surface area contributed by atoms with E-state index in [9.17, 15) is 23.7 Å². The molecule has 32 nitrogen and oxygen atoms in total. The lowest BCUT2D eigenvalue weighted by Crippen LogP contribution is -2.12. The second-order valence-electron chi connectivity index (χ2n) is 29.4. The highest BCUT2D eigenvalue weighted by atomic mass is 35.5. The number of methoxy groups -OCH3 is 4. The van der Waals surface area contributed by atoms with Crippen molar-refractivity contribution >= 4 is 78.9 Å². The molecule has 0 radical (unpaired) electrons. The molecule has 20 aromatic rings. The van der Waals surface area contributed by atoms with Crippen LogP contribution in [0.1, 0.15) is 33.4 Å². The van der Waals surface area contributed by atoms with Crippen LogP contribution in [0.25, 0.3) is 84.5 Å². The number of fused-ring (bicyclic) bond motifs is 5. The van der Waals surface area contributed by atoms with E-state index in [0.717, 1.165) is 118 Å². The molecule has 0 atom stereocenters. The molecule has 0 saturated carbocycles. The fraction of sp³-hybridized carbons (Fsp3) is 0.102. The van der Waals surface area contributed by atoms with Gasteiger partial charge in [-0.15, -0.1) is 0 Å². The van der Waals surface area contributed by atoms with Crippen LogP contribution < -0.4 is 50.7 Å². The van der Waals surface area contributed by atoms with E-state index in [1.807, 2.05) is 223 Å². The van der Waals surface area contributed by atoms with E-state index in [-0.39, 0.29) is 23.0 Å². The van der Waals surface area contributed by atoms with Gasteiger partial charge >= 0.3 is 0 Å². The van der Waals surface area contributed by atoms with Crippen LogP contribution in [0.4, 0.5) is 29.1 Å². The van der Waals surface area contributed by atoms with Gasteiger partial charge in [0.25, 0.3) is 0 Å². The fourth-order valence-corrected chi connectivity index (χ4v) is 14.9. The summed E-state index contributed by atoms with van der Waals surface area (Å²) in [6.45, 7) is 3.04. The Labute approximate surface area is 762 Å². The summed E-state index contributed by atoms with van der Waals surface area (Å²) < 4.78 is 54.1.